The number of hydrogen-bond acceptors (Lipinski definition) is 4. The van der Waals surface area contributed by atoms with Crippen molar-refractivity contribution in [2.24, 2.45) is 0 Å². The summed E-state index contributed by atoms with van der Waals surface area (Å²) in [6.45, 7) is 0.759. The third-order valence-electron chi connectivity index (χ3n) is 0.680. The Morgan fingerprint density at radius 3 is 2.50 bits per heavy atom. The molecule has 0 saturated carbocycles. The van der Waals surface area contributed by atoms with Gasteiger partial charge in [0.05, 0.1) is 12.4 Å². The van der Waals surface area contributed by atoms with Crippen molar-refractivity contribution in [1.82, 2.24) is 0 Å². The van der Waals surface area contributed by atoms with Gasteiger partial charge in [0.1, 0.15) is 6.61 Å². The van der Waals surface area contributed by atoms with Crippen LogP contribution in [0.2, 0.25) is 0 Å². The summed E-state index contributed by atoms with van der Waals surface area (Å²) < 4.78 is 9.23. The van der Waals surface area contributed by atoms with Gasteiger partial charge in [0, 0.05) is 7.11 Å². The molecule has 0 aliphatic rings. The SMILES string of the molecule is COCCOC(=O)CS.[Au+]. The van der Waals surface area contributed by atoms with Crippen LogP contribution in [0.4, 0.5) is 0 Å². The Morgan fingerprint density at radius 2 is 2.10 bits per heavy atom. The van der Waals surface area contributed by atoms with Crippen LogP contribution in [-0.4, -0.2) is 32.0 Å². The van der Waals surface area contributed by atoms with Gasteiger partial charge in [0.2, 0.25) is 0 Å². The van der Waals surface area contributed by atoms with E-state index < -0.39 is 0 Å². The molecular formula is C5H10AuO3S+. The second-order valence-electron chi connectivity index (χ2n) is 1.37. The fourth-order valence-electron chi connectivity index (χ4n) is 0.284. The topological polar surface area (TPSA) is 35.5 Å². The zero-order chi connectivity index (χ0) is 7.11. The van der Waals surface area contributed by atoms with E-state index in [9.17, 15) is 4.79 Å². The molecule has 10 heavy (non-hydrogen) atoms. The minimum absolute atomic E-state index is 0. The van der Waals surface area contributed by atoms with Crippen molar-refractivity contribution in [2.45, 2.75) is 0 Å². The Labute approximate surface area is 81.4 Å². The summed E-state index contributed by atoms with van der Waals surface area (Å²) in [6.07, 6.45) is 0. The van der Waals surface area contributed by atoms with Crippen molar-refractivity contribution >= 4 is 18.6 Å². The van der Waals surface area contributed by atoms with E-state index in [-0.39, 0.29) is 34.1 Å². The third-order valence-corrected chi connectivity index (χ3v) is 0.938. The second kappa shape index (κ2) is 9.52. The van der Waals surface area contributed by atoms with E-state index in [0.717, 1.165) is 0 Å². The smallest absolute Gasteiger partial charge is 0.463 e. The number of carbonyl (C=O) groups excluding carboxylic acids is 1. The molecule has 0 amide bonds. The molecule has 0 aliphatic heterocycles. The molecule has 0 aliphatic carbocycles. The Bertz CT molecular complexity index is 89.0. The molecule has 0 aromatic carbocycles. The van der Waals surface area contributed by atoms with Gasteiger partial charge in [-0.15, -0.1) is 0 Å². The minimum Gasteiger partial charge on any atom is -0.463 e. The maximum atomic E-state index is 10.3. The van der Waals surface area contributed by atoms with Gasteiger partial charge >= 0.3 is 28.3 Å². The molecule has 0 spiro atoms. The van der Waals surface area contributed by atoms with Gasteiger partial charge < -0.3 is 9.47 Å². The molecular weight excluding hydrogens is 337 g/mol. The van der Waals surface area contributed by atoms with Crippen LogP contribution in [0.3, 0.4) is 0 Å². The monoisotopic (exact) mass is 347 g/mol. The average Bonchev–Trinajstić information content (AvgIpc) is 1.89. The molecule has 0 heterocycles. The quantitative estimate of drug-likeness (QED) is 0.339. The van der Waals surface area contributed by atoms with E-state index in [4.69, 9.17) is 0 Å². The Balaban J connectivity index is 0. The number of thiol groups is 1. The molecule has 0 aromatic heterocycles. The fraction of sp³-hybridized carbons (Fsp3) is 0.800. The summed E-state index contributed by atoms with van der Waals surface area (Å²) in [4.78, 5) is 10.3. The molecule has 0 bridgehead atoms. The summed E-state index contributed by atoms with van der Waals surface area (Å²) >= 11 is 3.70. The van der Waals surface area contributed by atoms with Gasteiger partial charge in [-0.05, 0) is 0 Å². The van der Waals surface area contributed by atoms with Crippen molar-refractivity contribution < 1.29 is 36.6 Å². The molecule has 0 unspecified atom stereocenters. The molecule has 0 N–H and O–H groups in total. The first-order valence-corrected chi connectivity index (χ1v) is 3.20. The first-order valence-electron chi connectivity index (χ1n) is 2.56. The normalized spacial score (nSPS) is 8.20. The fourth-order valence-corrected chi connectivity index (χ4v) is 0.376. The summed E-state index contributed by atoms with van der Waals surface area (Å²) in [5.41, 5.74) is 0. The van der Waals surface area contributed by atoms with Crippen LogP contribution < -0.4 is 0 Å². The van der Waals surface area contributed by atoms with Crippen molar-refractivity contribution in [3.05, 3.63) is 0 Å². The van der Waals surface area contributed by atoms with E-state index in [1.165, 1.54) is 0 Å². The molecule has 3 nitrogen and oxygen atoms in total. The van der Waals surface area contributed by atoms with Crippen molar-refractivity contribution in [1.29, 1.82) is 0 Å². The maximum absolute atomic E-state index is 10.3. The molecule has 5 heteroatoms. The van der Waals surface area contributed by atoms with Gasteiger partial charge in [-0.1, -0.05) is 0 Å². The maximum Gasteiger partial charge on any atom is 1.00 e. The van der Waals surface area contributed by atoms with Gasteiger partial charge in [0.25, 0.3) is 0 Å². The molecule has 64 valence electrons. The van der Waals surface area contributed by atoms with Crippen LogP contribution in [0.1, 0.15) is 0 Å². The summed E-state index contributed by atoms with van der Waals surface area (Å²) in [5, 5.41) is 0. The van der Waals surface area contributed by atoms with Crippen LogP contribution in [0.15, 0.2) is 0 Å². The number of methoxy groups -OCH3 is 1. The van der Waals surface area contributed by atoms with Crippen molar-refractivity contribution in [3.63, 3.8) is 0 Å². The van der Waals surface area contributed by atoms with E-state index in [0.29, 0.717) is 13.2 Å². The first-order chi connectivity index (χ1) is 4.31. The predicted molar refractivity (Wildman–Crippen MR) is 36.7 cm³/mol. The Kier molecular flexibility index (Phi) is 12.5. The summed E-state index contributed by atoms with van der Waals surface area (Å²) in [5.74, 6) is -0.181. The van der Waals surface area contributed by atoms with Crippen LogP contribution in [0.25, 0.3) is 0 Å². The van der Waals surface area contributed by atoms with Gasteiger partial charge in [0.15, 0.2) is 0 Å². The van der Waals surface area contributed by atoms with Crippen LogP contribution >= 0.6 is 12.6 Å². The van der Waals surface area contributed by atoms with Crippen molar-refractivity contribution in [3.8, 4) is 0 Å². The first kappa shape index (κ1) is 13.1. The Hall–Kier alpha value is 0.520. The second-order valence-corrected chi connectivity index (χ2v) is 1.69. The standard InChI is InChI=1S/C5H10O3S.Au/c1-7-2-3-8-5(6)4-9;/h9H,2-4H2,1H3;/q;+1. The largest absolute Gasteiger partial charge is 1.00 e. The zero-order valence-electron chi connectivity index (χ0n) is 5.59. The van der Waals surface area contributed by atoms with Crippen LogP contribution in [-0.2, 0) is 36.6 Å². The number of hydrogen-bond donors (Lipinski definition) is 1. The van der Waals surface area contributed by atoms with Gasteiger partial charge in [-0.25, -0.2) is 0 Å². The number of ether oxygens (including phenoxy) is 2. The number of carbonyl (C=O) groups is 1. The van der Waals surface area contributed by atoms with Crippen LogP contribution in [0, 0.1) is 0 Å². The molecule has 0 atom stereocenters. The average molecular weight is 347 g/mol. The minimum atomic E-state index is -0.310. The van der Waals surface area contributed by atoms with Crippen molar-refractivity contribution in [2.75, 3.05) is 26.1 Å². The van der Waals surface area contributed by atoms with Crippen LogP contribution in [0.5, 0.6) is 0 Å². The van der Waals surface area contributed by atoms with E-state index >= 15 is 0 Å². The predicted octanol–water partition coefficient (Wildman–Crippen LogP) is 0.103. The number of esters is 1. The summed E-state index contributed by atoms with van der Waals surface area (Å²) in [7, 11) is 1.55. The van der Waals surface area contributed by atoms with E-state index in [1.54, 1.807) is 7.11 Å². The van der Waals surface area contributed by atoms with Gasteiger partial charge in [-0.3, -0.25) is 4.79 Å². The summed E-state index contributed by atoms with van der Waals surface area (Å²) in [6, 6.07) is 0. The number of rotatable bonds is 4. The molecule has 0 fully saturated rings. The van der Waals surface area contributed by atoms with Gasteiger partial charge in [-0.2, -0.15) is 12.6 Å². The third kappa shape index (κ3) is 8.52. The zero-order valence-corrected chi connectivity index (χ0v) is 8.66. The molecule has 0 saturated heterocycles. The Morgan fingerprint density at radius 1 is 1.50 bits per heavy atom. The van der Waals surface area contributed by atoms with E-state index in [2.05, 4.69) is 22.1 Å². The molecule has 0 rings (SSSR count). The molecule has 0 aromatic rings. The molecule has 0 radical (unpaired) electrons. The van der Waals surface area contributed by atoms with E-state index in [1.807, 2.05) is 0 Å².